The lowest BCUT2D eigenvalue weighted by molar-refractivity contribution is -0.135. The van der Waals surface area contributed by atoms with E-state index >= 15 is 0 Å². The Morgan fingerprint density at radius 3 is 3.00 bits per heavy atom. The van der Waals surface area contributed by atoms with Crippen LogP contribution in [0.25, 0.3) is 0 Å². The van der Waals surface area contributed by atoms with Gasteiger partial charge in [0.15, 0.2) is 0 Å². The maximum atomic E-state index is 12.3. The number of halogens is 1. The summed E-state index contributed by atoms with van der Waals surface area (Å²) in [5.74, 6) is 0.979. The van der Waals surface area contributed by atoms with Crippen LogP contribution in [-0.2, 0) is 4.79 Å². The van der Waals surface area contributed by atoms with Gasteiger partial charge in [0.05, 0.1) is 6.54 Å². The van der Waals surface area contributed by atoms with E-state index in [1.807, 2.05) is 19.2 Å². The second-order valence-corrected chi connectivity index (χ2v) is 6.13. The smallest absolute Gasteiger partial charge is 0.225 e. The van der Waals surface area contributed by atoms with E-state index in [9.17, 15) is 4.79 Å². The monoisotopic (exact) mass is 310 g/mol. The van der Waals surface area contributed by atoms with Gasteiger partial charge < -0.3 is 15.4 Å². The van der Waals surface area contributed by atoms with E-state index in [4.69, 9.17) is 22.1 Å². The minimum Gasteiger partial charge on any atom is -0.492 e. The van der Waals surface area contributed by atoms with Crippen LogP contribution in [0.4, 0.5) is 0 Å². The van der Waals surface area contributed by atoms with Crippen molar-refractivity contribution < 1.29 is 9.53 Å². The van der Waals surface area contributed by atoms with Crippen LogP contribution in [0.3, 0.4) is 0 Å². The Hall–Kier alpha value is -1.26. The Kier molecular flexibility index (Phi) is 5.88. The fourth-order valence-electron chi connectivity index (χ4n) is 2.73. The van der Waals surface area contributed by atoms with E-state index < -0.39 is 0 Å². The molecular weight excluding hydrogens is 288 g/mol. The molecule has 1 aliphatic carbocycles. The fraction of sp³-hybridized carbons (Fsp3) is 0.562. The number of amides is 1. The van der Waals surface area contributed by atoms with Gasteiger partial charge in [-0.1, -0.05) is 24.1 Å². The molecule has 2 rings (SSSR count). The topological polar surface area (TPSA) is 55.6 Å². The molecule has 2 unspecified atom stereocenters. The highest BCUT2D eigenvalue weighted by molar-refractivity contribution is 6.30. The molecule has 21 heavy (non-hydrogen) atoms. The first-order valence-corrected chi connectivity index (χ1v) is 7.83. The summed E-state index contributed by atoms with van der Waals surface area (Å²) >= 11 is 5.90. The Balaban J connectivity index is 1.76. The number of rotatable bonds is 5. The zero-order chi connectivity index (χ0) is 15.2. The molecular formula is C16H23ClN2O2. The molecule has 0 aromatic heterocycles. The van der Waals surface area contributed by atoms with E-state index in [2.05, 4.69) is 0 Å². The van der Waals surface area contributed by atoms with Crippen LogP contribution in [0.2, 0.25) is 5.02 Å². The summed E-state index contributed by atoms with van der Waals surface area (Å²) < 4.78 is 5.61. The van der Waals surface area contributed by atoms with Gasteiger partial charge in [-0.25, -0.2) is 0 Å². The molecule has 1 aromatic carbocycles. The number of nitrogens with zero attached hydrogens (tertiary/aromatic N) is 1. The molecule has 2 atom stereocenters. The third-order valence-electron chi connectivity index (χ3n) is 3.93. The van der Waals surface area contributed by atoms with Crippen molar-refractivity contribution in [3.05, 3.63) is 29.3 Å². The van der Waals surface area contributed by atoms with E-state index in [0.717, 1.165) is 31.4 Å². The Morgan fingerprint density at radius 2 is 2.29 bits per heavy atom. The quantitative estimate of drug-likeness (QED) is 0.909. The zero-order valence-electron chi connectivity index (χ0n) is 12.4. The van der Waals surface area contributed by atoms with Crippen molar-refractivity contribution in [1.82, 2.24) is 4.90 Å². The molecule has 1 fully saturated rings. The van der Waals surface area contributed by atoms with Gasteiger partial charge in [-0.3, -0.25) is 4.79 Å². The van der Waals surface area contributed by atoms with Crippen molar-refractivity contribution in [1.29, 1.82) is 0 Å². The van der Waals surface area contributed by atoms with E-state index in [1.165, 1.54) is 0 Å². The standard InChI is InChI=1S/C16H23ClN2O2/c1-19(16(20)12-4-2-6-14(18)10-12)8-9-21-15-7-3-5-13(17)11-15/h3,5,7,11-12,14H,2,4,6,8-10,18H2,1H3. The van der Waals surface area contributed by atoms with Crippen LogP contribution in [0.15, 0.2) is 24.3 Å². The van der Waals surface area contributed by atoms with E-state index in [0.29, 0.717) is 18.2 Å². The Labute approximate surface area is 131 Å². The fourth-order valence-corrected chi connectivity index (χ4v) is 2.91. The molecule has 5 heteroatoms. The third kappa shape index (κ3) is 4.90. The number of likely N-dealkylation sites (N-methyl/N-ethyl adjacent to an activating group) is 1. The zero-order valence-corrected chi connectivity index (χ0v) is 13.2. The summed E-state index contributed by atoms with van der Waals surface area (Å²) in [4.78, 5) is 14.1. The molecule has 0 radical (unpaired) electrons. The van der Waals surface area contributed by atoms with Gasteiger partial charge in [-0.15, -0.1) is 0 Å². The molecule has 0 saturated heterocycles. The van der Waals surface area contributed by atoms with Crippen molar-refractivity contribution >= 4 is 17.5 Å². The van der Waals surface area contributed by atoms with Crippen molar-refractivity contribution in [2.75, 3.05) is 20.2 Å². The highest BCUT2D eigenvalue weighted by Crippen LogP contribution is 2.24. The molecule has 0 spiro atoms. The second kappa shape index (κ2) is 7.66. The van der Waals surface area contributed by atoms with Gasteiger partial charge in [0.25, 0.3) is 0 Å². The molecule has 1 amide bonds. The van der Waals surface area contributed by atoms with Gasteiger partial charge in [0.2, 0.25) is 5.91 Å². The summed E-state index contributed by atoms with van der Waals surface area (Å²) in [5.41, 5.74) is 5.95. The van der Waals surface area contributed by atoms with Crippen molar-refractivity contribution in [3.63, 3.8) is 0 Å². The first kappa shape index (κ1) is 16.1. The number of hydrogen-bond donors (Lipinski definition) is 1. The summed E-state index contributed by atoms with van der Waals surface area (Å²) in [5, 5.41) is 0.646. The van der Waals surface area contributed by atoms with Crippen molar-refractivity contribution in [2.45, 2.75) is 31.7 Å². The SMILES string of the molecule is CN(CCOc1cccc(Cl)c1)C(=O)C1CCCC(N)C1. The van der Waals surface area contributed by atoms with Crippen LogP contribution in [0.5, 0.6) is 5.75 Å². The van der Waals surface area contributed by atoms with Crippen molar-refractivity contribution in [3.8, 4) is 5.75 Å². The highest BCUT2D eigenvalue weighted by Gasteiger charge is 2.27. The van der Waals surface area contributed by atoms with Gasteiger partial charge in [-0.05, 0) is 37.5 Å². The lowest BCUT2D eigenvalue weighted by Gasteiger charge is -2.29. The number of nitrogens with two attached hydrogens (primary N) is 1. The van der Waals surface area contributed by atoms with Crippen LogP contribution < -0.4 is 10.5 Å². The van der Waals surface area contributed by atoms with Crippen LogP contribution in [0, 0.1) is 5.92 Å². The molecule has 2 N–H and O–H groups in total. The predicted molar refractivity (Wildman–Crippen MR) is 84.5 cm³/mol. The van der Waals surface area contributed by atoms with E-state index in [1.54, 1.807) is 17.0 Å². The number of benzene rings is 1. The number of ether oxygens (including phenoxy) is 1. The largest absolute Gasteiger partial charge is 0.492 e. The molecule has 1 saturated carbocycles. The minimum atomic E-state index is 0.0740. The molecule has 0 heterocycles. The van der Waals surface area contributed by atoms with Crippen LogP contribution in [0.1, 0.15) is 25.7 Å². The van der Waals surface area contributed by atoms with Crippen molar-refractivity contribution in [2.24, 2.45) is 11.7 Å². The first-order chi connectivity index (χ1) is 10.1. The van der Waals surface area contributed by atoms with Crippen LogP contribution in [-0.4, -0.2) is 37.0 Å². The average Bonchev–Trinajstić information content (AvgIpc) is 2.46. The molecule has 1 aliphatic rings. The molecule has 0 aliphatic heterocycles. The third-order valence-corrected chi connectivity index (χ3v) is 4.17. The normalized spacial score (nSPS) is 21.9. The summed E-state index contributed by atoms with van der Waals surface area (Å²) in [7, 11) is 1.82. The number of carbonyl (C=O) groups is 1. The molecule has 1 aromatic rings. The summed E-state index contributed by atoms with van der Waals surface area (Å²) in [6, 6.07) is 7.44. The molecule has 0 bridgehead atoms. The average molecular weight is 311 g/mol. The maximum absolute atomic E-state index is 12.3. The Bertz CT molecular complexity index is 481. The number of carbonyl (C=O) groups excluding carboxylic acids is 1. The van der Waals surface area contributed by atoms with Gasteiger partial charge in [-0.2, -0.15) is 0 Å². The summed E-state index contributed by atoms with van der Waals surface area (Å²) in [6.07, 6.45) is 3.83. The predicted octanol–water partition coefficient (Wildman–Crippen LogP) is 2.69. The maximum Gasteiger partial charge on any atom is 0.225 e. The Morgan fingerprint density at radius 1 is 1.48 bits per heavy atom. The van der Waals surface area contributed by atoms with Gasteiger partial charge in [0.1, 0.15) is 12.4 Å². The first-order valence-electron chi connectivity index (χ1n) is 7.45. The highest BCUT2D eigenvalue weighted by atomic mass is 35.5. The van der Waals surface area contributed by atoms with Gasteiger partial charge >= 0.3 is 0 Å². The van der Waals surface area contributed by atoms with Crippen LogP contribution >= 0.6 is 11.6 Å². The van der Waals surface area contributed by atoms with Gasteiger partial charge in [0, 0.05) is 24.0 Å². The molecule has 4 nitrogen and oxygen atoms in total. The second-order valence-electron chi connectivity index (χ2n) is 5.69. The summed E-state index contributed by atoms with van der Waals surface area (Å²) in [6.45, 7) is 1.03. The minimum absolute atomic E-state index is 0.0740. The molecule has 116 valence electrons. The number of hydrogen-bond acceptors (Lipinski definition) is 3. The van der Waals surface area contributed by atoms with E-state index in [-0.39, 0.29) is 17.9 Å². The lowest BCUT2D eigenvalue weighted by atomic mass is 9.85. The lowest BCUT2D eigenvalue weighted by Crippen LogP contribution is -2.40.